The second-order valence-electron chi connectivity index (χ2n) is 5.53. The van der Waals surface area contributed by atoms with E-state index in [0.717, 1.165) is 16.8 Å². The van der Waals surface area contributed by atoms with Crippen molar-refractivity contribution in [3.63, 3.8) is 0 Å². The first-order valence-electron chi connectivity index (χ1n) is 7.08. The van der Waals surface area contributed by atoms with Gasteiger partial charge in [0.2, 0.25) is 5.91 Å². The number of nitrogens with one attached hydrogen (secondary N) is 3. The molecular formula is C16H19N3O3. The maximum Gasteiger partial charge on any atom is 0.325 e. The van der Waals surface area contributed by atoms with E-state index >= 15 is 0 Å². The van der Waals surface area contributed by atoms with Crippen LogP contribution in [0.2, 0.25) is 0 Å². The summed E-state index contributed by atoms with van der Waals surface area (Å²) in [5.41, 5.74) is 1.95. The van der Waals surface area contributed by atoms with Crippen molar-refractivity contribution in [2.24, 2.45) is 0 Å². The molecule has 0 aliphatic rings. The predicted molar refractivity (Wildman–Crippen MR) is 85.3 cm³/mol. The highest BCUT2D eigenvalue weighted by Crippen LogP contribution is 2.27. The molecule has 0 saturated heterocycles. The van der Waals surface area contributed by atoms with E-state index in [4.69, 9.17) is 0 Å². The quantitative estimate of drug-likeness (QED) is 0.801. The van der Waals surface area contributed by atoms with Crippen molar-refractivity contribution in [2.45, 2.75) is 33.1 Å². The highest BCUT2D eigenvalue weighted by molar-refractivity contribution is 5.93. The number of amides is 1. The van der Waals surface area contributed by atoms with Crippen LogP contribution in [0.1, 0.15) is 36.6 Å². The van der Waals surface area contributed by atoms with Gasteiger partial charge >= 0.3 is 5.69 Å². The number of para-hydroxylation sites is 1. The van der Waals surface area contributed by atoms with Crippen LogP contribution in [0.4, 0.5) is 5.69 Å². The molecule has 116 valence electrons. The maximum atomic E-state index is 12.2. The lowest BCUT2D eigenvalue weighted by molar-refractivity contribution is -0.115. The largest absolute Gasteiger partial charge is 0.325 e. The Balaban J connectivity index is 2.23. The van der Waals surface area contributed by atoms with Crippen LogP contribution >= 0.6 is 0 Å². The summed E-state index contributed by atoms with van der Waals surface area (Å²) < 4.78 is 0. The number of anilines is 1. The van der Waals surface area contributed by atoms with Gasteiger partial charge in [-0.15, -0.1) is 0 Å². The van der Waals surface area contributed by atoms with Gasteiger partial charge in [-0.05, 0) is 24.0 Å². The third-order valence-corrected chi connectivity index (χ3v) is 3.36. The summed E-state index contributed by atoms with van der Waals surface area (Å²) in [6.45, 7) is 6.04. The smallest absolute Gasteiger partial charge is 0.325 e. The molecule has 2 aromatic rings. The van der Waals surface area contributed by atoms with Crippen molar-refractivity contribution < 1.29 is 4.79 Å². The third kappa shape index (κ3) is 3.72. The standard InChI is InChI=1S/C16H19N3O3/c1-9(2)12-6-4-5-10(3)15(12)18-13(20)7-11-8-14(21)19-16(22)17-11/h4-6,8-9H,7H2,1-3H3,(H,18,20)(H2,17,19,21,22). The monoisotopic (exact) mass is 301 g/mol. The van der Waals surface area contributed by atoms with Gasteiger partial charge in [0.25, 0.3) is 5.56 Å². The van der Waals surface area contributed by atoms with Gasteiger partial charge in [0.1, 0.15) is 0 Å². The fourth-order valence-electron chi connectivity index (χ4n) is 2.31. The fourth-order valence-corrected chi connectivity index (χ4v) is 2.31. The molecule has 0 spiro atoms. The zero-order valence-electron chi connectivity index (χ0n) is 12.8. The second kappa shape index (κ2) is 6.43. The number of aryl methyl sites for hydroxylation is 1. The summed E-state index contributed by atoms with van der Waals surface area (Å²) in [5, 5.41) is 2.87. The molecule has 22 heavy (non-hydrogen) atoms. The van der Waals surface area contributed by atoms with Gasteiger partial charge < -0.3 is 10.3 Å². The minimum absolute atomic E-state index is 0.0645. The first-order chi connectivity index (χ1) is 10.4. The van der Waals surface area contributed by atoms with E-state index in [1.807, 2.05) is 25.1 Å². The van der Waals surface area contributed by atoms with E-state index in [9.17, 15) is 14.4 Å². The van der Waals surface area contributed by atoms with Crippen molar-refractivity contribution in [3.8, 4) is 0 Å². The first kappa shape index (κ1) is 15.8. The molecule has 1 heterocycles. The summed E-state index contributed by atoms with van der Waals surface area (Å²) in [7, 11) is 0. The van der Waals surface area contributed by atoms with Crippen LogP contribution in [-0.4, -0.2) is 15.9 Å². The van der Waals surface area contributed by atoms with Crippen molar-refractivity contribution in [1.82, 2.24) is 9.97 Å². The van der Waals surface area contributed by atoms with Crippen LogP contribution in [-0.2, 0) is 11.2 Å². The molecule has 0 aliphatic carbocycles. The van der Waals surface area contributed by atoms with E-state index in [2.05, 4.69) is 29.1 Å². The van der Waals surface area contributed by atoms with Crippen molar-refractivity contribution in [3.05, 3.63) is 61.9 Å². The van der Waals surface area contributed by atoms with Gasteiger partial charge in [0.15, 0.2) is 0 Å². The van der Waals surface area contributed by atoms with Gasteiger partial charge in [0.05, 0.1) is 6.42 Å². The Morgan fingerprint density at radius 2 is 1.95 bits per heavy atom. The number of aromatic amines is 2. The number of benzene rings is 1. The second-order valence-corrected chi connectivity index (χ2v) is 5.53. The molecule has 3 N–H and O–H groups in total. The van der Waals surface area contributed by atoms with Gasteiger partial charge in [-0.1, -0.05) is 32.0 Å². The predicted octanol–water partition coefficient (Wildman–Crippen LogP) is 1.68. The molecule has 1 amide bonds. The highest BCUT2D eigenvalue weighted by atomic mass is 16.2. The number of carbonyl (C=O) groups is 1. The number of hydrogen-bond donors (Lipinski definition) is 3. The van der Waals surface area contributed by atoms with Crippen molar-refractivity contribution in [1.29, 1.82) is 0 Å². The van der Waals surface area contributed by atoms with E-state index in [1.165, 1.54) is 6.07 Å². The maximum absolute atomic E-state index is 12.2. The molecule has 1 aromatic carbocycles. The summed E-state index contributed by atoms with van der Waals surface area (Å²) in [6.07, 6.45) is -0.0645. The van der Waals surface area contributed by atoms with Crippen molar-refractivity contribution >= 4 is 11.6 Å². The van der Waals surface area contributed by atoms with Gasteiger partial charge in [-0.3, -0.25) is 14.6 Å². The molecule has 6 nitrogen and oxygen atoms in total. The molecule has 0 radical (unpaired) electrons. The lowest BCUT2D eigenvalue weighted by Crippen LogP contribution is -2.25. The molecule has 2 rings (SSSR count). The molecule has 6 heteroatoms. The molecule has 0 unspecified atom stereocenters. The lowest BCUT2D eigenvalue weighted by atomic mass is 9.98. The summed E-state index contributed by atoms with van der Waals surface area (Å²) in [5.74, 6) is -0.00738. The van der Waals surface area contributed by atoms with Crippen LogP contribution in [0.3, 0.4) is 0 Å². The Kier molecular flexibility index (Phi) is 4.60. The zero-order valence-corrected chi connectivity index (χ0v) is 12.8. The van der Waals surface area contributed by atoms with Crippen molar-refractivity contribution in [2.75, 3.05) is 5.32 Å². The minimum atomic E-state index is -0.617. The topological polar surface area (TPSA) is 94.8 Å². The molecule has 0 bridgehead atoms. The van der Waals surface area contributed by atoms with Crippen LogP contribution in [0.25, 0.3) is 0 Å². The van der Waals surface area contributed by atoms with E-state index < -0.39 is 11.2 Å². The average molecular weight is 301 g/mol. The highest BCUT2D eigenvalue weighted by Gasteiger charge is 2.13. The molecule has 0 saturated carbocycles. The third-order valence-electron chi connectivity index (χ3n) is 3.36. The summed E-state index contributed by atoms with van der Waals surface area (Å²) >= 11 is 0. The van der Waals surface area contributed by atoms with Gasteiger partial charge in [0, 0.05) is 17.4 Å². The number of carbonyl (C=O) groups excluding carboxylic acids is 1. The Morgan fingerprint density at radius 3 is 2.59 bits per heavy atom. The molecule has 0 fully saturated rings. The van der Waals surface area contributed by atoms with Gasteiger partial charge in [-0.2, -0.15) is 0 Å². The number of aromatic nitrogens is 2. The number of H-pyrrole nitrogens is 2. The summed E-state index contributed by atoms with van der Waals surface area (Å²) in [4.78, 5) is 39.1. The molecular weight excluding hydrogens is 282 g/mol. The molecule has 0 atom stereocenters. The SMILES string of the molecule is Cc1cccc(C(C)C)c1NC(=O)Cc1cc(=O)[nH]c(=O)[nH]1. The average Bonchev–Trinajstić information content (AvgIpc) is 2.39. The fraction of sp³-hybridized carbons (Fsp3) is 0.312. The van der Waals surface area contributed by atoms with E-state index in [1.54, 1.807) is 0 Å². The Bertz CT molecular complexity index is 775. The van der Waals surface area contributed by atoms with Crippen LogP contribution < -0.4 is 16.6 Å². The molecule has 1 aromatic heterocycles. The first-order valence-corrected chi connectivity index (χ1v) is 7.08. The normalized spacial score (nSPS) is 10.7. The Hall–Kier alpha value is -2.63. The van der Waals surface area contributed by atoms with E-state index in [0.29, 0.717) is 0 Å². The Labute approximate surface area is 127 Å². The Morgan fingerprint density at radius 1 is 1.23 bits per heavy atom. The number of rotatable bonds is 4. The van der Waals surface area contributed by atoms with Crippen LogP contribution in [0.5, 0.6) is 0 Å². The summed E-state index contributed by atoms with van der Waals surface area (Å²) in [6, 6.07) is 7.07. The molecule has 0 aliphatic heterocycles. The van der Waals surface area contributed by atoms with E-state index in [-0.39, 0.29) is 23.9 Å². The number of hydrogen-bond acceptors (Lipinski definition) is 3. The van der Waals surface area contributed by atoms with Crippen LogP contribution in [0, 0.1) is 6.92 Å². The van der Waals surface area contributed by atoms with Crippen LogP contribution in [0.15, 0.2) is 33.9 Å². The van der Waals surface area contributed by atoms with Gasteiger partial charge in [-0.25, -0.2) is 4.79 Å². The minimum Gasteiger partial charge on any atom is -0.325 e. The lowest BCUT2D eigenvalue weighted by Gasteiger charge is -2.16. The zero-order chi connectivity index (χ0) is 16.3.